The first-order valence-corrected chi connectivity index (χ1v) is 8.64. The van der Waals surface area contributed by atoms with E-state index >= 15 is 0 Å². The summed E-state index contributed by atoms with van der Waals surface area (Å²) in [5.74, 6) is -1.48. The second-order valence-electron chi connectivity index (χ2n) is 6.35. The second kappa shape index (κ2) is 7.91. The Hall–Kier alpha value is -3.68. The number of esters is 1. The van der Waals surface area contributed by atoms with Crippen LogP contribution in [0.5, 0.6) is 0 Å². The number of hydrogen-bond donors (Lipinski definition) is 2. The van der Waals surface area contributed by atoms with Crippen LogP contribution < -0.4 is 10.6 Å². The van der Waals surface area contributed by atoms with Gasteiger partial charge in [0.2, 0.25) is 0 Å². The molecule has 0 unspecified atom stereocenters. The fraction of sp³-hybridized carbons (Fsp3) is 0.200. The van der Waals surface area contributed by atoms with Crippen LogP contribution in [0.4, 0.5) is 10.5 Å². The Balaban J connectivity index is 1.54. The molecule has 0 bridgehead atoms. The van der Waals surface area contributed by atoms with Crippen LogP contribution in [0.3, 0.4) is 0 Å². The lowest BCUT2D eigenvalue weighted by Gasteiger charge is -2.10. The number of carbonyl (C=O) groups excluding carboxylic acids is 3. The smallest absolute Gasteiger partial charge is 0.359 e. The van der Waals surface area contributed by atoms with Crippen LogP contribution in [0, 0.1) is 20.8 Å². The molecule has 3 aromatic rings. The molecule has 2 N–H and O–H groups in total. The predicted molar refractivity (Wildman–Crippen MR) is 103 cm³/mol. The number of hydrogen-bond acceptors (Lipinski definition) is 5. The molecule has 0 aliphatic heterocycles. The van der Waals surface area contributed by atoms with Gasteiger partial charge in [0.25, 0.3) is 5.91 Å². The quantitative estimate of drug-likeness (QED) is 0.678. The van der Waals surface area contributed by atoms with Gasteiger partial charge in [0.05, 0.1) is 0 Å². The van der Waals surface area contributed by atoms with Gasteiger partial charge in [-0.1, -0.05) is 18.2 Å². The monoisotopic (exact) mass is 380 g/mol. The van der Waals surface area contributed by atoms with Crippen molar-refractivity contribution in [3.05, 3.63) is 65.1 Å². The van der Waals surface area contributed by atoms with Crippen molar-refractivity contribution in [2.45, 2.75) is 20.8 Å². The first-order chi connectivity index (χ1) is 13.3. The van der Waals surface area contributed by atoms with Gasteiger partial charge in [-0.25, -0.2) is 14.6 Å². The van der Waals surface area contributed by atoms with E-state index in [0.717, 1.165) is 16.8 Å². The Morgan fingerprint density at radius 1 is 1.07 bits per heavy atom. The highest BCUT2D eigenvalue weighted by atomic mass is 16.5. The summed E-state index contributed by atoms with van der Waals surface area (Å²) in [6, 6.07) is 10.2. The molecule has 28 heavy (non-hydrogen) atoms. The van der Waals surface area contributed by atoms with Crippen molar-refractivity contribution in [1.82, 2.24) is 14.7 Å². The van der Waals surface area contributed by atoms with Crippen LogP contribution in [-0.4, -0.2) is 33.9 Å². The molecule has 3 amide bonds. The lowest BCUT2D eigenvalue weighted by atomic mass is 10.1. The van der Waals surface area contributed by atoms with E-state index in [2.05, 4.69) is 15.6 Å². The van der Waals surface area contributed by atoms with Crippen molar-refractivity contribution >= 4 is 29.2 Å². The summed E-state index contributed by atoms with van der Waals surface area (Å²) < 4.78 is 6.69. The number of imidazole rings is 1. The molecule has 0 fully saturated rings. The molecule has 0 spiro atoms. The topological polar surface area (TPSA) is 102 Å². The summed E-state index contributed by atoms with van der Waals surface area (Å²) >= 11 is 0. The van der Waals surface area contributed by atoms with Gasteiger partial charge in [-0.05, 0) is 50.1 Å². The number of aryl methyl sites for hydroxylation is 2. The largest absolute Gasteiger partial charge is 0.451 e. The van der Waals surface area contributed by atoms with Gasteiger partial charge < -0.3 is 14.5 Å². The van der Waals surface area contributed by atoms with Gasteiger partial charge in [0.15, 0.2) is 12.3 Å². The van der Waals surface area contributed by atoms with Crippen molar-refractivity contribution in [3.8, 4) is 0 Å². The summed E-state index contributed by atoms with van der Waals surface area (Å²) in [6.45, 7) is 5.08. The molecular weight excluding hydrogens is 360 g/mol. The molecule has 2 heterocycles. The molecule has 2 aromatic heterocycles. The molecule has 0 saturated carbocycles. The third-order valence-electron chi connectivity index (χ3n) is 4.35. The number of urea groups is 1. The van der Waals surface area contributed by atoms with E-state index in [9.17, 15) is 14.4 Å². The number of ether oxygens (including phenoxy) is 1. The number of rotatable bonds is 4. The standard InChI is InChI=1S/C20H20N4O4/c1-12-6-4-8-15(14(12)3)22-20(27)23-18(25)11-28-19(26)16-10-24-13(2)7-5-9-17(24)21-16/h4-10H,11H2,1-3H3,(H2,22,23,25,27). The van der Waals surface area contributed by atoms with Crippen LogP contribution in [0.2, 0.25) is 0 Å². The number of carbonyl (C=O) groups is 3. The van der Waals surface area contributed by atoms with Gasteiger partial charge in [0, 0.05) is 17.6 Å². The van der Waals surface area contributed by atoms with Crippen molar-refractivity contribution in [1.29, 1.82) is 0 Å². The van der Waals surface area contributed by atoms with Crippen LogP contribution in [0.15, 0.2) is 42.6 Å². The Labute approximate surface area is 161 Å². The molecule has 0 aliphatic carbocycles. The molecule has 8 heteroatoms. The van der Waals surface area contributed by atoms with E-state index in [1.165, 1.54) is 6.20 Å². The Morgan fingerprint density at radius 2 is 1.82 bits per heavy atom. The van der Waals surface area contributed by atoms with E-state index in [1.54, 1.807) is 22.6 Å². The van der Waals surface area contributed by atoms with Crippen molar-refractivity contribution in [2.24, 2.45) is 0 Å². The second-order valence-corrected chi connectivity index (χ2v) is 6.35. The third kappa shape index (κ3) is 4.17. The third-order valence-corrected chi connectivity index (χ3v) is 4.35. The Bertz CT molecular complexity index is 1070. The first kappa shape index (κ1) is 19.1. The predicted octanol–water partition coefficient (Wildman–Crippen LogP) is 2.76. The number of pyridine rings is 1. The van der Waals surface area contributed by atoms with E-state index in [4.69, 9.17) is 4.74 Å². The zero-order chi connectivity index (χ0) is 20.3. The maximum absolute atomic E-state index is 12.1. The molecule has 0 atom stereocenters. The van der Waals surface area contributed by atoms with Gasteiger partial charge in [0.1, 0.15) is 5.65 Å². The maximum Gasteiger partial charge on any atom is 0.359 e. The lowest BCUT2D eigenvalue weighted by molar-refractivity contribution is -0.123. The average molecular weight is 380 g/mol. The summed E-state index contributed by atoms with van der Waals surface area (Å²) in [5.41, 5.74) is 4.11. The normalized spacial score (nSPS) is 10.5. The lowest BCUT2D eigenvalue weighted by Crippen LogP contribution is -2.37. The maximum atomic E-state index is 12.1. The van der Waals surface area contributed by atoms with Gasteiger partial charge >= 0.3 is 12.0 Å². The zero-order valence-electron chi connectivity index (χ0n) is 15.8. The number of nitrogens with one attached hydrogen (secondary N) is 2. The summed E-state index contributed by atoms with van der Waals surface area (Å²) in [4.78, 5) is 40.1. The highest BCUT2D eigenvalue weighted by Gasteiger charge is 2.16. The Morgan fingerprint density at radius 3 is 2.57 bits per heavy atom. The highest BCUT2D eigenvalue weighted by Crippen LogP contribution is 2.17. The molecule has 3 rings (SSSR count). The minimum atomic E-state index is -0.742. The first-order valence-electron chi connectivity index (χ1n) is 8.64. The van der Waals surface area contributed by atoms with E-state index < -0.39 is 24.5 Å². The number of fused-ring (bicyclic) bond motifs is 1. The SMILES string of the molecule is Cc1cccc(NC(=O)NC(=O)COC(=O)c2cn3c(C)cccc3n2)c1C. The minimum absolute atomic E-state index is 0.0851. The van der Waals surface area contributed by atoms with E-state index in [0.29, 0.717) is 11.3 Å². The highest BCUT2D eigenvalue weighted by molar-refractivity contribution is 6.02. The summed E-state index contributed by atoms with van der Waals surface area (Å²) in [7, 11) is 0. The van der Waals surface area contributed by atoms with Crippen molar-refractivity contribution in [2.75, 3.05) is 11.9 Å². The van der Waals surface area contributed by atoms with Gasteiger partial charge in [-0.3, -0.25) is 10.1 Å². The molecule has 0 saturated heterocycles. The molecular formula is C20H20N4O4. The average Bonchev–Trinajstić information content (AvgIpc) is 3.09. The molecule has 0 aliphatic rings. The van der Waals surface area contributed by atoms with Crippen LogP contribution in [0.1, 0.15) is 27.3 Å². The van der Waals surface area contributed by atoms with Crippen LogP contribution >= 0.6 is 0 Å². The molecule has 144 valence electrons. The Kier molecular flexibility index (Phi) is 5.39. The summed E-state index contributed by atoms with van der Waals surface area (Å²) in [6.07, 6.45) is 1.54. The van der Waals surface area contributed by atoms with E-state index in [1.807, 2.05) is 39.0 Å². The van der Waals surface area contributed by atoms with Crippen LogP contribution in [0.25, 0.3) is 5.65 Å². The van der Waals surface area contributed by atoms with Crippen molar-refractivity contribution in [3.63, 3.8) is 0 Å². The fourth-order valence-corrected chi connectivity index (χ4v) is 2.65. The number of benzene rings is 1. The van der Waals surface area contributed by atoms with Gasteiger partial charge in [-0.15, -0.1) is 0 Å². The zero-order valence-corrected chi connectivity index (χ0v) is 15.8. The minimum Gasteiger partial charge on any atom is -0.451 e. The number of aromatic nitrogens is 2. The van der Waals surface area contributed by atoms with Crippen molar-refractivity contribution < 1.29 is 19.1 Å². The molecule has 8 nitrogen and oxygen atoms in total. The summed E-state index contributed by atoms with van der Waals surface area (Å²) in [5, 5.41) is 4.72. The van der Waals surface area contributed by atoms with Crippen LogP contribution in [-0.2, 0) is 9.53 Å². The molecule has 0 radical (unpaired) electrons. The number of imide groups is 1. The molecule has 1 aromatic carbocycles. The number of nitrogens with zero attached hydrogens (tertiary/aromatic N) is 2. The fourth-order valence-electron chi connectivity index (χ4n) is 2.65. The van der Waals surface area contributed by atoms with Gasteiger partial charge in [-0.2, -0.15) is 0 Å². The number of amides is 3. The number of anilines is 1. The van der Waals surface area contributed by atoms with E-state index in [-0.39, 0.29) is 5.69 Å².